The van der Waals surface area contributed by atoms with Gasteiger partial charge in [0.2, 0.25) is 5.13 Å². The van der Waals surface area contributed by atoms with Gasteiger partial charge in [-0.25, -0.2) is 8.42 Å². The molecule has 25 heavy (non-hydrogen) atoms. The Kier molecular flexibility index (Phi) is 4.98. The normalized spacial score (nSPS) is 11.1. The maximum absolute atomic E-state index is 12.5. The maximum atomic E-state index is 12.5. The highest BCUT2D eigenvalue weighted by atomic mass is 35.5. The third-order valence-electron chi connectivity index (χ3n) is 3.06. The van der Waals surface area contributed by atoms with Crippen molar-refractivity contribution in [1.82, 2.24) is 10.2 Å². The van der Waals surface area contributed by atoms with Crippen molar-refractivity contribution in [3.05, 3.63) is 64.6 Å². The number of carbonyl (C=O) groups is 1. The van der Waals surface area contributed by atoms with Crippen molar-refractivity contribution < 1.29 is 13.2 Å². The van der Waals surface area contributed by atoms with Gasteiger partial charge >= 0.3 is 0 Å². The van der Waals surface area contributed by atoms with Gasteiger partial charge in [-0.1, -0.05) is 35.1 Å². The lowest BCUT2D eigenvalue weighted by atomic mass is 10.2. The highest BCUT2D eigenvalue weighted by Gasteiger charge is 2.17. The Morgan fingerprint density at radius 2 is 1.92 bits per heavy atom. The number of hydrogen-bond acceptors (Lipinski definition) is 6. The SMILES string of the molecule is O=C(Nc1nncs1)c1cccc(S(=O)(=O)Nc2cccc(Cl)c2)c1. The van der Waals surface area contributed by atoms with E-state index in [0.29, 0.717) is 15.8 Å². The van der Waals surface area contributed by atoms with Crippen molar-refractivity contribution in [2.24, 2.45) is 0 Å². The summed E-state index contributed by atoms with van der Waals surface area (Å²) < 4.78 is 27.4. The maximum Gasteiger partial charge on any atom is 0.261 e. The van der Waals surface area contributed by atoms with Gasteiger partial charge in [0.1, 0.15) is 5.51 Å². The van der Waals surface area contributed by atoms with Crippen LogP contribution in [0.25, 0.3) is 0 Å². The monoisotopic (exact) mass is 394 g/mol. The van der Waals surface area contributed by atoms with E-state index in [1.807, 2.05) is 0 Å². The molecule has 2 aromatic carbocycles. The second kappa shape index (κ2) is 7.18. The Morgan fingerprint density at radius 3 is 2.64 bits per heavy atom. The Balaban J connectivity index is 1.83. The largest absolute Gasteiger partial charge is 0.296 e. The topological polar surface area (TPSA) is 101 Å². The average molecular weight is 395 g/mol. The number of amides is 1. The number of aromatic nitrogens is 2. The molecule has 2 N–H and O–H groups in total. The number of nitrogens with one attached hydrogen (secondary N) is 2. The van der Waals surface area contributed by atoms with Crippen molar-refractivity contribution in [1.29, 1.82) is 0 Å². The van der Waals surface area contributed by atoms with Gasteiger partial charge in [0.25, 0.3) is 15.9 Å². The summed E-state index contributed by atoms with van der Waals surface area (Å²) >= 11 is 7.02. The quantitative estimate of drug-likeness (QED) is 0.691. The summed E-state index contributed by atoms with van der Waals surface area (Å²) in [6.45, 7) is 0. The van der Waals surface area contributed by atoms with E-state index < -0.39 is 15.9 Å². The summed E-state index contributed by atoms with van der Waals surface area (Å²) in [4.78, 5) is 12.1. The molecular weight excluding hydrogens is 384 g/mol. The minimum atomic E-state index is -3.86. The number of anilines is 2. The van der Waals surface area contributed by atoms with Crippen LogP contribution in [-0.4, -0.2) is 24.5 Å². The second-order valence-electron chi connectivity index (χ2n) is 4.84. The lowest BCUT2D eigenvalue weighted by Crippen LogP contribution is -2.16. The number of sulfonamides is 1. The highest BCUT2D eigenvalue weighted by Crippen LogP contribution is 2.20. The highest BCUT2D eigenvalue weighted by molar-refractivity contribution is 7.92. The van der Waals surface area contributed by atoms with E-state index in [9.17, 15) is 13.2 Å². The molecule has 0 bridgehead atoms. The first-order valence-electron chi connectivity index (χ1n) is 6.90. The minimum Gasteiger partial charge on any atom is -0.296 e. The standard InChI is InChI=1S/C15H11ClN4O3S2/c16-11-4-2-5-12(8-11)20-25(22,23)13-6-1-3-10(7-13)14(21)18-15-19-17-9-24-15/h1-9,20H,(H,18,19,21). The fourth-order valence-corrected chi connectivity index (χ4v) is 3.69. The van der Waals surface area contributed by atoms with Crippen molar-refractivity contribution in [2.45, 2.75) is 4.90 Å². The van der Waals surface area contributed by atoms with E-state index in [4.69, 9.17) is 11.6 Å². The van der Waals surface area contributed by atoms with Gasteiger partial charge in [-0.2, -0.15) is 0 Å². The molecule has 1 heterocycles. The molecule has 10 heteroatoms. The molecule has 0 aliphatic heterocycles. The summed E-state index contributed by atoms with van der Waals surface area (Å²) in [5.41, 5.74) is 1.99. The van der Waals surface area contributed by atoms with Crippen LogP contribution in [0.5, 0.6) is 0 Å². The smallest absolute Gasteiger partial charge is 0.261 e. The predicted molar refractivity (Wildman–Crippen MR) is 96.6 cm³/mol. The van der Waals surface area contributed by atoms with Gasteiger partial charge in [-0.05, 0) is 36.4 Å². The molecule has 1 aromatic heterocycles. The van der Waals surface area contributed by atoms with Crippen LogP contribution in [0.15, 0.2) is 58.9 Å². The van der Waals surface area contributed by atoms with Crippen LogP contribution < -0.4 is 10.0 Å². The summed E-state index contributed by atoms with van der Waals surface area (Å²) in [5.74, 6) is -0.475. The summed E-state index contributed by atoms with van der Waals surface area (Å²) in [5, 5.41) is 10.6. The average Bonchev–Trinajstić information content (AvgIpc) is 3.07. The minimum absolute atomic E-state index is 0.0441. The van der Waals surface area contributed by atoms with E-state index in [1.165, 1.54) is 35.8 Å². The Morgan fingerprint density at radius 1 is 1.12 bits per heavy atom. The molecule has 7 nitrogen and oxygen atoms in total. The summed E-state index contributed by atoms with van der Waals surface area (Å²) in [6.07, 6.45) is 0. The lowest BCUT2D eigenvalue weighted by molar-refractivity contribution is 0.102. The fourth-order valence-electron chi connectivity index (χ4n) is 1.97. The third kappa shape index (κ3) is 4.32. The van der Waals surface area contributed by atoms with E-state index >= 15 is 0 Å². The van der Waals surface area contributed by atoms with Crippen LogP contribution in [0.2, 0.25) is 5.02 Å². The van der Waals surface area contributed by atoms with Gasteiger partial charge in [-0.3, -0.25) is 14.8 Å². The molecular formula is C15H11ClN4O3S2. The Bertz CT molecular complexity index is 1010. The molecule has 0 saturated heterocycles. The van der Waals surface area contributed by atoms with E-state index in [1.54, 1.807) is 18.2 Å². The Labute approximate surface area is 152 Å². The van der Waals surface area contributed by atoms with Crippen LogP contribution in [0.3, 0.4) is 0 Å². The summed E-state index contributed by atoms with van der Waals surface area (Å²) in [7, 11) is -3.86. The second-order valence-corrected chi connectivity index (χ2v) is 7.79. The Hall–Kier alpha value is -2.49. The molecule has 0 radical (unpaired) electrons. The number of nitrogens with zero attached hydrogens (tertiary/aromatic N) is 2. The fraction of sp³-hybridized carbons (Fsp3) is 0. The molecule has 0 aliphatic rings. The van der Waals surface area contributed by atoms with Crippen LogP contribution in [0, 0.1) is 0 Å². The molecule has 3 rings (SSSR count). The molecule has 0 atom stereocenters. The molecule has 1 amide bonds. The van der Waals surface area contributed by atoms with Gasteiger partial charge in [-0.15, -0.1) is 10.2 Å². The molecule has 0 fully saturated rings. The first-order valence-corrected chi connectivity index (χ1v) is 9.64. The number of hydrogen-bond donors (Lipinski definition) is 2. The van der Waals surface area contributed by atoms with Crippen molar-refractivity contribution in [2.75, 3.05) is 10.0 Å². The predicted octanol–water partition coefficient (Wildman–Crippen LogP) is 3.24. The molecule has 0 aliphatic carbocycles. The molecule has 0 unspecified atom stereocenters. The molecule has 0 saturated carbocycles. The van der Waals surface area contributed by atoms with E-state index in [2.05, 4.69) is 20.2 Å². The summed E-state index contributed by atoms with van der Waals surface area (Å²) in [6, 6.07) is 12.0. The number of benzene rings is 2. The molecule has 128 valence electrons. The first kappa shape index (κ1) is 17.3. The molecule has 3 aromatic rings. The zero-order valence-electron chi connectivity index (χ0n) is 12.5. The van der Waals surface area contributed by atoms with Crippen LogP contribution in [-0.2, 0) is 10.0 Å². The first-order chi connectivity index (χ1) is 11.9. The van der Waals surface area contributed by atoms with Gasteiger partial charge < -0.3 is 0 Å². The van der Waals surface area contributed by atoms with Crippen molar-refractivity contribution >= 4 is 49.7 Å². The number of halogens is 1. The van der Waals surface area contributed by atoms with Crippen molar-refractivity contribution in [3.8, 4) is 0 Å². The van der Waals surface area contributed by atoms with E-state index in [0.717, 1.165) is 11.3 Å². The van der Waals surface area contributed by atoms with Gasteiger partial charge in [0.05, 0.1) is 10.6 Å². The third-order valence-corrected chi connectivity index (χ3v) is 5.28. The van der Waals surface area contributed by atoms with Crippen molar-refractivity contribution in [3.63, 3.8) is 0 Å². The van der Waals surface area contributed by atoms with Crippen LogP contribution in [0.4, 0.5) is 10.8 Å². The zero-order chi connectivity index (χ0) is 17.9. The number of rotatable bonds is 5. The lowest BCUT2D eigenvalue weighted by Gasteiger charge is -2.09. The molecule has 0 spiro atoms. The van der Waals surface area contributed by atoms with Crippen LogP contribution >= 0.6 is 22.9 Å². The van der Waals surface area contributed by atoms with E-state index in [-0.39, 0.29) is 10.5 Å². The van der Waals surface area contributed by atoms with Gasteiger partial charge in [0.15, 0.2) is 0 Å². The van der Waals surface area contributed by atoms with Crippen LogP contribution in [0.1, 0.15) is 10.4 Å². The zero-order valence-corrected chi connectivity index (χ0v) is 14.9. The van der Waals surface area contributed by atoms with Gasteiger partial charge in [0, 0.05) is 10.6 Å². The number of carbonyl (C=O) groups excluding carboxylic acids is 1.